The Hall–Kier alpha value is -3.93. The molecule has 6 heteroatoms. The van der Waals surface area contributed by atoms with Crippen LogP contribution in [0.25, 0.3) is 22.5 Å². The van der Waals surface area contributed by atoms with Gasteiger partial charge in [0, 0.05) is 23.2 Å². The van der Waals surface area contributed by atoms with Crippen molar-refractivity contribution in [2.75, 3.05) is 13.7 Å². The molecule has 1 heterocycles. The average molecular weight is 469 g/mol. The van der Waals surface area contributed by atoms with Crippen molar-refractivity contribution >= 4 is 5.91 Å². The zero-order valence-corrected chi connectivity index (χ0v) is 20.4. The van der Waals surface area contributed by atoms with Crippen LogP contribution in [0.4, 0.5) is 0 Å². The number of aromatic nitrogens is 3. The van der Waals surface area contributed by atoms with Gasteiger partial charge in [-0.1, -0.05) is 49.4 Å². The number of nitrogens with one attached hydrogen (secondary N) is 1. The van der Waals surface area contributed by atoms with Gasteiger partial charge in [-0.25, -0.2) is 0 Å². The number of aryl methyl sites for hydroxylation is 2. The predicted octanol–water partition coefficient (Wildman–Crippen LogP) is 5.78. The zero-order chi connectivity index (χ0) is 24.5. The summed E-state index contributed by atoms with van der Waals surface area (Å²) in [5, 5.41) is 12.5. The number of carbonyl (C=O) groups excluding carboxylic acids is 1. The second kappa shape index (κ2) is 12.0. The monoisotopic (exact) mass is 468 g/mol. The number of ether oxygens (including phenoxy) is 1. The van der Waals surface area contributed by atoms with Crippen molar-refractivity contribution in [1.82, 2.24) is 20.3 Å². The molecular formula is C29H32N4O2. The summed E-state index contributed by atoms with van der Waals surface area (Å²) >= 11 is 0. The van der Waals surface area contributed by atoms with Gasteiger partial charge in [-0.15, -0.1) is 0 Å². The lowest BCUT2D eigenvalue weighted by Gasteiger charge is -2.07. The number of hydrogen-bond acceptors (Lipinski definition) is 4. The van der Waals surface area contributed by atoms with E-state index in [1.165, 1.54) is 5.56 Å². The van der Waals surface area contributed by atoms with Crippen LogP contribution in [0.15, 0.2) is 78.9 Å². The summed E-state index contributed by atoms with van der Waals surface area (Å²) in [5.74, 6) is 0.720. The van der Waals surface area contributed by atoms with Gasteiger partial charge in [-0.3, -0.25) is 4.79 Å². The van der Waals surface area contributed by atoms with Gasteiger partial charge in [-0.05, 0) is 67.6 Å². The maximum atomic E-state index is 12.8. The van der Waals surface area contributed by atoms with Crippen molar-refractivity contribution in [3.05, 3.63) is 90.0 Å². The molecule has 1 N–H and O–H groups in total. The third kappa shape index (κ3) is 6.35. The largest absolute Gasteiger partial charge is 0.497 e. The third-order valence-corrected chi connectivity index (χ3v) is 5.86. The third-order valence-electron chi connectivity index (χ3n) is 5.86. The Kier molecular flexibility index (Phi) is 8.28. The Balaban J connectivity index is 1.46. The fourth-order valence-corrected chi connectivity index (χ4v) is 4.00. The molecule has 0 aliphatic heterocycles. The Morgan fingerprint density at radius 1 is 0.886 bits per heavy atom. The van der Waals surface area contributed by atoms with Gasteiger partial charge in [0.15, 0.2) is 0 Å². The molecule has 0 atom stereocenters. The summed E-state index contributed by atoms with van der Waals surface area (Å²) in [6.45, 7) is 3.48. The lowest BCUT2D eigenvalue weighted by atomic mass is 10.0. The highest BCUT2D eigenvalue weighted by molar-refractivity contribution is 5.95. The van der Waals surface area contributed by atoms with Crippen molar-refractivity contribution in [2.24, 2.45) is 0 Å². The number of rotatable bonds is 11. The maximum absolute atomic E-state index is 12.8. The van der Waals surface area contributed by atoms with Gasteiger partial charge >= 0.3 is 0 Å². The molecule has 35 heavy (non-hydrogen) atoms. The summed E-state index contributed by atoms with van der Waals surface area (Å²) in [5.41, 5.74) is 5.33. The first-order valence-corrected chi connectivity index (χ1v) is 12.2. The van der Waals surface area contributed by atoms with Crippen LogP contribution in [0.3, 0.4) is 0 Å². The average Bonchev–Trinajstić information content (AvgIpc) is 3.33. The van der Waals surface area contributed by atoms with E-state index in [1.807, 2.05) is 54.6 Å². The summed E-state index contributed by atoms with van der Waals surface area (Å²) < 4.78 is 5.29. The van der Waals surface area contributed by atoms with Crippen molar-refractivity contribution in [1.29, 1.82) is 0 Å². The number of amides is 1. The van der Waals surface area contributed by atoms with Gasteiger partial charge in [0.05, 0.1) is 13.7 Å². The van der Waals surface area contributed by atoms with Crippen molar-refractivity contribution in [3.63, 3.8) is 0 Å². The Morgan fingerprint density at radius 3 is 2.34 bits per heavy atom. The van der Waals surface area contributed by atoms with Gasteiger partial charge in [-0.2, -0.15) is 15.0 Å². The Labute approximate surface area is 207 Å². The Morgan fingerprint density at radius 2 is 1.63 bits per heavy atom. The summed E-state index contributed by atoms with van der Waals surface area (Å²) in [6, 6.07) is 25.8. The molecule has 4 rings (SSSR count). The molecule has 4 aromatic rings. The number of nitrogens with zero attached hydrogens (tertiary/aromatic N) is 3. The molecule has 180 valence electrons. The van der Waals surface area contributed by atoms with Crippen LogP contribution < -0.4 is 10.1 Å². The number of benzene rings is 3. The molecule has 0 saturated heterocycles. The van der Waals surface area contributed by atoms with Crippen molar-refractivity contribution in [2.45, 2.75) is 39.2 Å². The smallest absolute Gasteiger partial charge is 0.251 e. The quantitative estimate of drug-likeness (QED) is 0.283. The van der Waals surface area contributed by atoms with E-state index < -0.39 is 0 Å². The van der Waals surface area contributed by atoms with E-state index in [1.54, 1.807) is 11.9 Å². The molecule has 0 aliphatic rings. The first-order valence-electron chi connectivity index (χ1n) is 12.2. The second-order valence-corrected chi connectivity index (χ2v) is 8.50. The van der Waals surface area contributed by atoms with E-state index in [-0.39, 0.29) is 5.91 Å². The SMILES string of the molecule is CCCn1nc(-c2ccc(OC)cc2)c(-c2cccc(C(=O)NCCCCc3ccccc3)c2)n1. The van der Waals surface area contributed by atoms with Gasteiger partial charge in [0.25, 0.3) is 5.91 Å². The van der Waals surface area contributed by atoms with E-state index in [9.17, 15) is 4.79 Å². The predicted molar refractivity (Wildman–Crippen MR) is 139 cm³/mol. The van der Waals surface area contributed by atoms with Crippen molar-refractivity contribution < 1.29 is 9.53 Å². The van der Waals surface area contributed by atoms with Crippen LogP contribution in [0.2, 0.25) is 0 Å². The maximum Gasteiger partial charge on any atom is 0.251 e. The summed E-state index contributed by atoms with van der Waals surface area (Å²) in [4.78, 5) is 14.6. The lowest BCUT2D eigenvalue weighted by Crippen LogP contribution is -2.24. The Bertz CT molecular complexity index is 1230. The van der Waals surface area contributed by atoms with Crippen LogP contribution in [0.5, 0.6) is 5.75 Å². The van der Waals surface area contributed by atoms with Crippen LogP contribution in [0, 0.1) is 0 Å². The second-order valence-electron chi connectivity index (χ2n) is 8.50. The van der Waals surface area contributed by atoms with E-state index >= 15 is 0 Å². The van der Waals surface area contributed by atoms with E-state index in [4.69, 9.17) is 14.9 Å². The number of hydrogen-bond donors (Lipinski definition) is 1. The van der Waals surface area contributed by atoms with Crippen molar-refractivity contribution in [3.8, 4) is 28.3 Å². The molecule has 0 spiro atoms. The minimum Gasteiger partial charge on any atom is -0.497 e. The summed E-state index contributed by atoms with van der Waals surface area (Å²) in [7, 11) is 1.65. The molecule has 0 radical (unpaired) electrons. The van der Waals surface area contributed by atoms with E-state index in [0.717, 1.165) is 60.5 Å². The molecule has 0 saturated carbocycles. The topological polar surface area (TPSA) is 69.0 Å². The molecule has 0 unspecified atom stereocenters. The first kappa shape index (κ1) is 24.2. The number of carbonyl (C=O) groups is 1. The molecule has 1 amide bonds. The van der Waals surface area contributed by atoms with Crippen LogP contribution in [0.1, 0.15) is 42.1 Å². The molecular weight excluding hydrogens is 436 g/mol. The molecule has 3 aromatic carbocycles. The van der Waals surface area contributed by atoms with E-state index in [0.29, 0.717) is 12.1 Å². The molecule has 0 fully saturated rings. The first-order chi connectivity index (χ1) is 17.2. The van der Waals surface area contributed by atoms with E-state index in [2.05, 4.69) is 36.5 Å². The summed E-state index contributed by atoms with van der Waals surface area (Å²) in [6.07, 6.45) is 3.93. The fraction of sp³-hybridized carbons (Fsp3) is 0.276. The van der Waals surface area contributed by atoms with Gasteiger partial charge < -0.3 is 10.1 Å². The number of unbranched alkanes of at least 4 members (excludes halogenated alkanes) is 1. The minimum absolute atomic E-state index is 0.0708. The standard InChI is InChI=1S/C29H32N4O2/c1-3-20-33-31-27(23-15-17-26(35-2)18-16-23)28(32-33)24-13-9-14-25(21-24)29(34)30-19-8-7-12-22-10-5-4-6-11-22/h4-6,9-11,13-18,21H,3,7-8,12,19-20H2,1-2H3,(H,30,34). The van der Waals surface area contributed by atoms with Gasteiger partial charge in [0.2, 0.25) is 0 Å². The normalized spacial score (nSPS) is 10.8. The molecule has 0 bridgehead atoms. The number of methoxy groups -OCH3 is 1. The zero-order valence-electron chi connectivity index (χ0n) is 20.4. The van der Waals surface area contributed by atoms with Crippen LogP contribution in [-0.2, 0) is 13.0 Å². The lowest BCUT2D eigenvalue weighted by molar-refractivity contribution is 0.0953. The molecule has 6 nitrogen and oxygen atoms in total. The highest BCUT2D eigenvalue weighted by Gasteiger charge is 2.17. The van der Waals surface area contributed by atoms with Crippen LogP contribution in [-0.4, -0.2) is 34.6 Å². The highest BCUT2D eigenvalue weighted by Crippen LogP contribution is 2.30. The van der Waals surface area contributed by atoms with Crippen LogP contribution >= 0.6 is 0 Å². The fourth-order valence-electron chi connectivity index (χ4n) is 4.00. The molecule has 1 aromatic heterocycles. The minimum atomic E-state index is -0.0708. The van der Waals surface area contributed by atoms with Gasteiger partial charge in [0.1, 0.15) is 17.1 Å². The molecule has 0 aliphatic carbocycles. The highest BCUT2D eigenvalue weighted by atomic mass is 16.5.